The van der Waals surface area contributed by atoms with Crippen LogP contribution in [0.1, 0.15) is 19.2 Å². The lowest BCUT2D eigenvalue weighted by Crippen LogP contribution is -2.41. The Kier molecular flexibility index (Phi) is 7.23. The molecule has 7 heteroatoms. The highest BCUT2D eigenvalue weighted by molar-refractivity contribution is 5.79. The molecule has 0 fully saturated rings. The first kappa shape index (κ1) is 19.7. The van der Waals surface area contributed by atoms with Crippen molar-refractivity contribution in [1.82, 2.24) is 24.8 Å². The molecule has 0 aliphatic rings. The minimum absolute atomic E-state index is 0.608. The van der Waals surface area contributed by atoms with Crippen LogP contribution in [-0.2, 0) is 6.42 Å². The van der Waals surface area contributed by atoms with Crippen LogP contribution in [-0.4, -0.2) is 58.7 Å². The summed E-state index contributed by atoms with van der Waals surface area (Å²) in [4.78, 5) is 6.83. The van der Waals surface area contributed by atoms with Crippen molar-refractivity contribution < 1.29 is 4.74 Å². The molecular weight excluding hydrogens is 352 g/mol. The number of hydrogen-bond donors (Lipinski definition) is 1. The monoisotopic (exact) mass is 380 g/mol. The molecule has 0 radical (unpaired) electrons. The number of pyridine rings is 1. The molecule has 0 bridgehead atoms. The van der Waals surface area contributed by atoms with Crippen molar-refractivity contribution in [3.05, 3.63) is 60.6 Å². The number of guanidine groups is 1. The summed E-state index contributed by atoms with van der Waals surface area (Å²) >= 11 is 0. The summed E-state index contributed by atoms with van der Waals surface area (Å²) < 4.78 is 7.81. The summed E-state index contributed by atoms with van der Waals surface area (Å²) in [5.74, 6) is 2.75. The van der Waals surface area contributed by atoms with Gasteiger partial charge in [0.15, 0.2) is 11.6 Å². The van der Waals surface area contributed by atoms with Gasteiger partial charge in [-0.25, -0.2) is 0 Å². The highest BCUT2D eigenvalue weighted by Gasteiger charge is 2.07. The van der Waals surface area contributed by atoms with Crippen molar-refractivity contribution in [2.75, 3.05) is 33.3 Å². The average molecular weight is 380 g/mol. The summed E-state index contributed by atoms with van der Waals surface area (Å²) in [6.45, 7) is 5.00. The van der Waals surface area contributed by atoms with E-state index in [4.69, 9.17) is 9.73 Å². The summed E-state index contributed by atoms with van der Waals surface area (Å²) in [6.07, 6.45) is 3.76. The normalized spacial score (nSPS) is 11.6. The summed E-state index contributed by atoms with van der Waals surface area (Å²) in [5, 5.41) is 11.8. The number of nitrogens with one attached hydrogen (secondary N) is 1. The van der Waals surface area contributed by atoms with Crippen molar-refractivity contribution in [3.63, 3.8) is 0 Å². The molecular formula is C21H28N6O. The van der Waals surface area contributed by atoms with Crippen LogP contribution < -0.4 is 10.1 Å². The maximum absolute atomic E-state index is 5.78. The van der Waals surface area contributed by atoms with Gasteiger partial charge in [0.1, 0.15) is 18.2 Å². The molecule has 3 rings (SSSR count). The molecule has 0 atom stereocenters. The second kappa shape index (κ2) is 10.3. The number of benzene rings is 1. The smallest absolute Gasteiger partial charge is 0.193 e. The zero-order valence-corrected chi connectivity index (χ0v) is 16.6. The second-order valence-electron chi connectivity index (χ2n) is 6.47. The van der Waals surface area contributed by atoms with E-state index in [1.165, 1.54) is 0 Å². The first-order valence-electron chi connectivity index (χ1n) is 9.74. The zero-order chi connectivity index (χ0) is 19.6. The highest BCUT2D eigenvalue weighted by atomic mass is 16.5. The van der Waals surface area contributed by atoms with Gasteiger partial charge >= 0.3 is 0 Å². The third-order valence-electron chi connectivity index (χ3n) is 4.34. The lowest BCUT2D eigenvalue weighted by atomic mass is 10.3. The molecule has 0 saturated heterocycles. The number of hydrogen-bond acceptors (Lipinski definition) is 4. The minimum atomic E-state index is 0.608. The quantitative estimate of drug-likeness (QED) is 0.351. The van der Waals surface area contributed by atoms with E-state index in [-0.39, 0.29) is 0 Å². The van der Waals surface area contributed by atoms with Crippen LogP contribution in [0, 0.1) is 0 Å². The van der Waals surface area contributed by atoms with Gasteiger partial charge in [0.05, 0.1) is 6.54 Å². The molecule has 2 heterocycles. The van der Waals surface area contributed by atoms with E-state index in [0.717, 1.165) is 55.7 Å². The molecule has 0 unspecified atom stereocenters. The molecule has 0 aliphatic carbocycles. The number of aromatic nitrogens is 3. The molecule has 7 nitrogen and oxygen atoms in total. The summed E-state index contributed by atoms with van der Waals surface area (Å²) in [6, 6.07) is 15.8. The van der Waals surface area contributed by atoms with Crippen molar-refractivity contribution in [1.29, 1.82) is 0 Å². The maximum atomic E-state index is 5.78. The molecule has 0 amide bonds. The Hall–Kier alpha value is -3.09. The average Bonchev–Trinajstić information content (AvgIpc) is 3.14. The van der Waals surface area contributed by atoms with E-state index in [1.54, 1.807) is 0 Å². The molecule has 0 aliphatic heterocycles. The number of aliphatic imine (C=N–C) groups is 1. The van der Waals surface area contributed by atoms with Crippen LogP contribution >= 0.6 is 0 Å². The van der Waals surface area contributed by atoms with Gasteiger partial charge in [0.25, 0.3) is 0 Å². The van der Waals surface area contributed by atoms with Gasteiger partial charge in [-0.1, -0.05) is 24.3 Å². The molecule has 2 aromatic heterocycles. The van der Waals surface area contributed by atoms with Crippen LogP contribution in [0.15, 0.2) is 59.7 Å². The van der Waals surface area contributed by atoms with Gasteiger partial charge in [-0.15, -0.1) is 10.2 Å². The van der Waals surface area contributed by atoms with Crippen LogP contribution in [0.4, 0.5) is 0 Å². The number of fused-ring (bicyclic) bond motifs is 1. The van der Waals surface area contributed by atoms with Gasteiger partial charge in [-0.3, -0.25) is 9.39 Å². The highest BCUT2D eigenvalue weighted by Crippen LogP contribution is 2.08. The Bertz CT molecular complexity index is 877. The molecule has 3 aromatic rings. The molecule has 148 valence electrons. The molecule has 0 spiro atoms. The van der Waals surface area contributed by atoms with E-state index >= 15 is 0 Å². The van der Waals surface area contributed by atoms with Crippen LogP contribution in [0.3, 0.4) is 0 Å². The lowest BCUT2D eigenvalue weighted by Gasteiger charge is -2.22. The van der Waals surface area contributed by atoms with Gasteiger partial charge in [0.2, 0.25) is 0 Å². The predicted molar refractivity (Wildman–Crippen MR) is 112 cm³/mol. The Morgan fingerprint density at radius 3 is 2.79 bits per heavy atom. The van der Waals surface area contributed by atoms with Crippen molar-refractivity contribution in [2.24, 2.45) is 4.99 Å². The van der Waals surface area contributed by atoms with E-state index in [0.29, 0.717) is 6.61 Å². The number of likely N-dealkylation sites (N-methyl/N-ethyl adjacent to an activating group) is 1. The maximum Gasteiger partial charge on any atom is 0.193 e. The standard InChI is InChI=1S/C21H28N6O/c1-3-22-21(26(2)16-17-28-18-10-5-4-6-11-18)23-14-9-13-20-25-24-19-12-7-8-15-27(19)20/h4-8,10-12,15H,3,9,13-14,16-17H2,1-2H3,(H,22,23). The molecule has 28 heavy (non-hydrogen) atoms. The van der Waals surface area contributed by atoms with Crippen molar-refractivity contribution in [3.8, 4) is 5.75 Å². The predicted octanol–water partition coefficient (Wildman–Crippen LogP) is 2.64. The van der Waals surface area contributed by atoms with Gasteiger partial charge in [0, 0.05) is 32.8 Å². The number of aryl methyl sites for hydroxylation is 1. The fourth-order valence-corrected chi connectivity index (χ4v) is 2.88. The number of ether oxygens (including phenoxy) is 1. The topological polar surface area (TPSA) is 67.0 Å². The number of nitrogens with zero attached hydrogens (tertiary/aromatic N) is 5. The lowest BCUT2D eigenvalue weighted by molar-refractivity contribution is 0.281. The third kappa shape index (κ3) is 5.45. The van der Waals surface area contributed by atoms with Gasteiger partial charge in [-0.05, 0) is 37.6 Å². The number of rotatable bonds is 9. The largest absolute Gasteiger partial charge is 0.492 e. The SMILES string of the molecule is CCNC(=NCCCc1nnc2ccccn12)N(C)CCOc1ccccc1. The summed E-state index contributed by atoms with van der Waals surface area (Å²) in [5.41, 5.74) is 0.882. The minimum Gasteiger partial charge on any atom is -0.492 e. The van der Waals surface area contributed by atoms with Crippen LogP contribution in [0.25, 0.3) is 5.65 Å². The Morgan fingerprint density at radius 1 is 1.14 bits per heavy atom. The van der Waals surface area contributed by atoms with Crippen LogP contribution in [0.5, 0.6) is 5.75 Å². The van der Waals surface area contributed by atoms with E-state index in [1.807, 2.05) is 66.2 Å². The van der Waals surface area contributed by atoms with Crippen molar-refractivity contribution >= 4 is 11.6 Å². The van der Waals surface area contributed by atoms with E-state index in [2.05, 4.69) is 27.3 Å². The summed E-state index contributed by atoms with van der Waals surface area (Å²) in [7, 11) is 2.03. The first-order valence-corrected chi connectivity index (χ1v) is 9.74. The fraction of sp³-hybridized carbons (Fsp3) is 0.381. The molecule has 1 N–H and O–H groups in total. The number of para-hydroxylation sites is 1. The van der Waals surface area contributed by atoms with Crippen LogP contribution in [0.2, 0.25) is 0 Å². The third-order valence-corrected chi connectivity index (χ3v) is 4.34. The van der Waals surface area contributed by atoms with E-state index < -0.39 is 0 Å². The second-order valence-corrected chi connectivity index (χ2v) is 6.47. The Balaban J connectivity index is 1.47. The van der Waals surface area contributed by atoms with Crippen molar-refractivity contribution in [2.45, 2.75) is 19.8 Å². The zero-order valence-electron chi connectivity index (χ0n) is 16.6. The van der Waals surface area contributed by atoms with E-state index in [9.17, 15) is 0 Å². The molecule has 1 aromatic carbocycles. The molecule has 0 saturated carbocycles. The first-order chi connectivity index (χ1) is 13.8. The van der Waals surface area contributed by atoms with Gasteiger partial charge in [-0.2, -0.15) is 0 Å². The Morgan fingerprint density at radius 2 is 1.96 bits per heavy atom. The fourth-order valence-electron chi connectivity index (χ4n) is 2.88. The Labute approximate surface area is 166 Å². The van der Waals surface area contributed by atoms with Gasteiger partial charge < -0.3 is 15.0 Å².